The van der Waals surface area contributed by atoms with Gasteiger partial charge in [-0.05, 0) is 87.5 Å². The highest BCUT2D eigenvalue weighted by molar-refractivity contribution is 7.10. The van der Waals surface area contributed by atoms with Gasteiger partial charge in [-0.3, -0.25) is 9.80 Å². The van der Waals surface area contributed by atoms with E-state index in [4.69, 9.17) is 0 Å². The van der Waals surface area contributed by atoms with E-state index in [9.17, 15) is 5.11 Å². The molecule has 1 aliphatic heterocycles. The zero-order chi connectivity index (χ0) is 16.5. The molecule has 24 heavy (non-hydrogen) atoms. The Balaban J connectivity index is 1.28. The number of piperidine rings is 1. The van der Waals surface area contributed by atoms with Crippen LogP contribution in [0.4, 0.5) is 0 Å². The minimum Gasteiger partial charge on any atom is -0.393 e. The van der Waals surface area contributed by atoms with Crippen molar-refractivity contribution in [3.8, 4) is 0 Å². The Labute approximate surface area is 150 Å². The van der Waals surface area contributed by atoms with Crippen molar-refractivity contribution in [2.45, 2.75) is 70.2 Å². The Morgan fingerprint density at radius 1 is 1.12 bits per heavy atom. The van der Waals surface area contributed by atoms with Crippen LogP contribution >= 0.6 is 11.3 Å². The van der Waals surface area contributed by atoms with E-state index in [2.05, 4.69) is 28.3 Å². The van der Waals surface area contributed by atoms with Crippen LogP contribution in [0.3, 0.4) is 0 Å². The molecule has 2 unspecified atom stereocenters. The Bertz CT molecular complexity index is 525. The molecule has 2 heterocycles. The number of fused-ring (bicyclic) bond motifs is 1. The van der Waals surface area contributed by atoms with Gasteiger partial charge in [0.1, 0.15) is 0 Å². The third-order valence-corrected chi connectivity index (χ3v) is 7.53. The lowest BCUT2D eigenvalue weighted by Crippen LogP contribution is -2.29. The third kappa shape index (κ3) is 3.87. The summed E-state index contributed by atoms with van der Waals surface area (Å²) in [5, 5.41) is 12.2. The minimum atomic E-state index is -0.0131. The average molecular weight is 349 g/mol. The number of hydrogen-bond acceptors (Lipinski definition) is 4. The van der Waals surface area contributed by atoms with Gasteiger partial charge in [0.2, 0.25) is 0 Å². The highest BCUT2D eigenvalue weighted by Gasteiger charge is 2.42. The second kappa shape index (κ2) is 7.45. The number of hydrogen-bond donors (Lipinski definition) is 1. The second-order valence-electron chi connectivity index (χ2n) is 8.44. The van der Waals surface area contributed by atoms with Gasteiger partial charge < -0.3 is 5.11 Å². The van der Waals surface area contributed by atoms with Crippen molar-refractivity contribution in [2.24, 2.45) is 11.8 Å². The summed E-state index contributed by atoms with van der Waals surface area (Å²) in [6.45, 7) is 4.80. The van der Waals surface area contributed by atoms with Gasteiger partial charge in [-0.2, -0.15) is 0 Å². The van der Waals surface area contributed by atoms with Crippen LogP contribution in [0.25, 0.3) is 0 Å². The van der Waals surface area contributed by atoms with Crippen molar-refractivity contribution in [3.63, 3.8) is 0 Å². The molecule has 2 saturated carbocycles. The quantitative estimate of drug-likeness (QED) is 0.879. The van der Waals surface area contributed by atoms with E-state index in [1.54, 1.807) is 0 Å². The first-order valence-corrected chi connectivity index (χ1v) is 10.7. The fraction of sp³-hybridized carbons (Fsp3) is 0.800. The normalized spacial score (nSPS) is 34.1. The maximum atomic E-state index is 9.82. The van der Waals surface area contributed by atoms with E-state index in [0.717, 1.165) is 43.8 Å². The minimum absolute atomic E-state index is 0.0131. The van der Waals surface area contributed by atoms with Crippen molar-refractivity contribution in [3.05, 3.63) is 21.9 Å². The van der Waals surface area contributed by atoms with Crippen LogP contribution in [0.15, 0.2) is 11.4 Å². The van der Waals surface area contributed by atoms with Gasteiger partial charge in [0.05, 0.1) is 6.10 Å². The summed E-state index contributed by atoms with van der Waals surface area (Å²) >= 11 is 1.94. The lowest BCUT2D eigenvalue weighted by molar-refractivity contribution is 0.158. The highest BCUT2D eigenvalue weighted by Crippen LogP contribution is 2.45. The second-order valence-corrected chi connectivity index (χ2v) is 9.44. The van der Waals surface area contributed by atoms with Gasteiger partial charge in [0.15, 0.2) is 0 Å². The molecule has 1 aromatic rings. The predicted octanol–water partition coefficient (Wildman–Crippen LogP) is 3.72. The molecule has 0 radical (unpaired) electrons. The third-order valence-electron chi connectivity index (χ3n) is 6.56. The molecule has 2 aliphatic carbocycles. The summed E-state index contributed by atoms with van der Waals surface area (Å²) in [7, 11) is 2.30. The van der Waals surface area contributed by atoms with Crippen molar-refractivity contribution >= 4 is 11.3 Å². The summed E-state index contributed by atoms with van der Waals surface area (Å²) in [4.78, 5) is 6.70. The van der Waals surface area contributed by atoms with Crippen LogP contribution in [0.2, 0.25) is 0 Å². The van der Waals surface area contributed by atoms with E-state index < -0.39 is 0 Å². The molecule has 4 rings (SSSR count). The first kappa shape index (κ1) is 17.0. The fourth-order valence-corrected chi connectivity index (χ4v) is 6.20. The Morgan fingerprint density at radius 3 is 2.54 bits per heavy atom. The molecule has 3 nitrogen and oxygen atoms in total. The van der Waals surface area contributed by atoms with Crippen molar-refractivity contribution < 1.29 is 5.11 Å². The van der Waals surface area contributed by atoms with Crippen LogP contribution < -0.4 is 0 Å². The molecular formula is C20H32N2OS. The lowest BCUT2D eigenvalue weighted by atomic mass is 10.0. The number of likely N-dealkylation sites (tertiary alicyclic amines) is 1. The fourth-order valence-electron chi connectivity index (χ4n) is 5.26. The first-order chi connectivity index (χ1) is 11.7. The monoisotopic (exact) mass is 348 g/mol. The van der Waals surface area contributed by atoms with Crippen LogP contribution in [-0.4, -0.2) is 47.2 Å². The zero-order valence-electron chi connectivity index (χ0n) is 15.0. The number of nitrogens with zero attached hydrogens (tertiary/aromatic N) is 2. The number of aliphatic hydroxyl groups is 1. The van der Waals surface area contributed by atoms with Crippen LogP contribution in [0, 0.1) is 11.8 Å². The van der Waals surface area contributed by atoms with Gasteiger partial charge in [-0.1, -0.05) is 6.42 Å². The Hall–Kier alpha value is -0.420. The van der Waals surface area contributed by atoms with Crippen molar-refractivity contribution in [1.82, 2.24) is 9.80 Å². The molecular weight excluding hydrogens is 316 g/mol. The molecule has 3 aliphatic rings. The zero-order valence-corrected chi connectivity index (χ0v) is 15.8. The van der Waals surface area contributed by atoms with E-state index in [-0.39, 0.29) is 6.10 Å². The van der Waals surface area contributed by atoms with E-state index in [1.807, 2.05) is 11.3 Å². The molecule has 0 amide bonds. The number of rotatable bonds is 5. The van der Waals surface area contributed by atoms with Crippen LogP contribution in [0.1, 0.15) is 55.4 Å². The summed E-state index contributed by atoms with van der Waals surface area (Å²) in [6.07, 6.45) is 8.84. The molecule has 1 aromatic heterocycles. The van der Waals surface area contributed by atoms with E-state index in [0.29, 0.717) is 0 Å². The van der Waals surface area contributed by atoms with Gasteiger partial charge in [-0.15, -0.1) is 11.3 Å². The van der Waals surface area contributed by atoms with E-state index >= 15 is 0 Å². The number of thiophene rings is 1. The topological polar surface area (TPSA) is 26.7 Å². The molecule has 0 aromatic carbocycles. The molecule has 0 bridgehead atoms. The predicted molar refractivity (Wildman–Crippen MR) is 100 cm³/mol. The SMILES string of the molecule is CN(Cc1cc(CN2CCCCC2)cs1)C1C[C@H]2CC(O)C[C@H]2C1. The number of aliphatic hydroxyl groups excluding tert-OH is 1. The van der Waals surface area contributed by atoms with Gasteiger partial charge in [0, 0.05) is 24.0 Å². The maximum Gasteiger partial charge on any atom is 0.0545 e. The molecule has 4 heteroatoms. The lowest BCUT2D eigenvalue weighted by Gasteiger charge is -2.26. The Morgan fingerprint density at radius 2 is 1.83 bits per heavy atom. The summed E-state index contributed by atoms with van der Waals surface area (Å²) in [5.74, 6) is 1.57. The molecule has 134 valence electrons. The summed E-state index contributed by atoms with van der Waals surface area (Å²) in [5.41, 5.74) is 1.51. The van der Waals surface area contributed by atoms with Gasteiger partial charge >= 0.3 is 0 Å². The molecule has 1 N–H and O–H groups in total. The van der Waals surface area contributed by atoms with Crippen LogP contribution in [0.5, 0.6) is 0 Å². The largest absolute Gasteiger partial charge is 0.393 e. The van der Waals surface area contributed by atoms with E-state index in [1.165, 1.54) is 55.6 Å². The standard InChI is InChI=1S/C20H32N2OS/c1-21(18-8-16-10-19(23)11-17(16)9-18)13-20-7-15(14-24-20)12-22-5-3-2-4-6-22/h7,14,16-19,23H,2-6,8-13H2,1H3/t16-,17+,18?,19?. The maximum absolute atomic E-state index is 9.82. The van der Waals surface area contributed by atoms with Gasteiger partial charge in [0.25, 0.3) is 0 Å². The smallest absolute Gasteiger partial charge is 0.0545 e. The summed E-state index contributed by atoms with van der Waals surface area (Å²) in [6, 6.07) is 3.16. The van der Waals surface area contributed by atoms with Crippen LogP contribution in [-0.2, 0) is 13.1 Å². The molecule has 3 fully saturated rings. The van der Waals surface area contributed by atoms with Gasteiger partial charge in [-0.25, -0.2) is 0 Å². The highest BCUT2D eigenvalue weighted by atomic mass is 32.1. The summed E-state index contributed by atoms with van der Waals surface area (Å²) < 4.78 is 0. The average Bonchev–Trinajstić information content (AvgIpc) is 3.23. The molecule has 4 atom stereocenters. The Kier molecular flexibility index (Phi) is 5.28. The molecule has 1 saturated heterocycles. The van der Waals surface area contributed by atoms with Crippen molar-refractivity contribution in [1.29, 1.82) is 0 Å². The first-order valence-electron chi connectivity index (χ1n) is 9.84. The molecule has 0 spiro atoms. The van der Waals surface area contributed by atoms with Crippen molar-refractivity contribution in [2.75, 3.05) is 20.1 Å².